The summed E-state index contributed by atoms with van der Waals surface area (Å²) in [5, 5.41) is 11.1. The summed E-state index contributed by atoms with van der Waals surface area (Å²) in [7, 11) is 3.20. The van der Waals surface area contributed by atoms with Gasteiger partial charge in [0.05, 0.1) is 23.8 Å². The summed E-state index contributed by atoms with van der Waals surface area (Å²) in [5.74, 6) is 0.681. The second-order valence-corrected chi connectivity index (χ2v) is 10.8. The first kappa shape index (κ1) is 30.1. The van der Waals surface area contributed by atoms with Gasteiger partial charge in [-0.3, -0.25) is 4.79 Å². The van der Waals surface area contributed by atoms with Gasteiger partial charge in [0.1, 0.15) is 5.75 Å². The number of phenols is 1. The zero-order chi connectivity index (χ0) is 27.2. The quantitative estimate of drug-likeness (QED) is 0.327. The van der Waals surface area contributed by atoms with E-state index >= 15 is 0 Å². The Bertz CT molecular complexity index is 1010. The molecular weight excluding hydrogens is 474 g/mol. The molecule has 0 saturated heterocycles. The van der Waals surface area contributed by atoms with E-state index in [2.05, 4.69) is 53.7 Å². The lowest BCUT2D eigenvalue weighted by Crippen LogP contribution is -2.36. The molecule has 0 bridgehead atoms. The summed E-state index contributed by atoms with van der Waals surface area (Å²) in [6.45, 7) is 16.8. The molecule has 5 nitrogen and oxygen atoms in total. The highest BCUT2D eigenvalue weighted by Crippen LogP contribution is 2.38. The van der Waals surface area contributed by atoms with Gasteiger partial charge in [-0.25, -0.2) is 0 Å². The molecule has 0 heterocycles. The number of carbonyl (C=O) groups excluding carboxylic acids is 1. The number of methoxy groups -OCH3 is 2. The summed E-state index contributed by atoms with van der Waals surface area (Å²) in [4.78, 5) is 15.1. The van der Waals surface area contributed by atoms with E-state index in [-0.39, 0.29) is 22.2 Å². The van der Waals surface area contributed by atoms with Crippen LogP contribution in [-0.4, -0.2) is 56.4 Å². The molecule has 0 fully saturated rings. The second kappa shape index (κ2) is 13.5. The zero-order valence-corrected chi connectivity index (χ0v) is 24.3. The molecule has 0 saturated carbocycles. The molecular formula is C30H44ClNO4. The maximum atomic E-state index is 13.5. The van der Waals surface area contributed by atoms with Crippen molar-refractivity contribution in [3.8, 4) is 5.75 Å². The first-order valence-electron chi connectivity index (χ1n) is 12.9. The van der Waals surface area contributed by atoms with Crippen molar-refractivity contribution in [1.29, 1.82) is 0 Å². The minimum atomic E-state index is -0.284. The van der Waals surface area contributed by atoms with E-state index in [1.165, 1.54) is 22.3 Å². The van der Waals surface area contributed by atoms with Crippen LogP contribution in [0, 0.1) is 6.92 Å². The second-order valence-electron chi connectivity index (χ2n) is 10.5. The Morgan fingerprint density at radius 2 is 1.42 bits per heavy atom. The zero-order valence-electron chi connectivity index (χ0n) is 23.5. The standard InChI is InChI=1S/C30H44ClNO4/c1-18(2)22-14-24(19(3)4)26(25(15-22)20(5)6)16-23-17-27(29(33)28(31)21(23)7)30(34)32(10-12-35-8)11-13-36-9/h14-15,17-20,33H,10-13,16H2,1-9H3. The van der Waals surface area contributed by atoms with Crippen molar-refractivity contribution in [3.63, 3.8) is 0 Å². The van der Waals surface area contributed by atoms with Gasteiger partial charge in [0.15, 0.2) is 0 Å². The van der Waals surface area contributed by atoms with E-state index in [4.69, 9.17) is 21.1 Å². The molecule has 2 aromatic carbocycles. The highest BCUT2D eigenvalue weighted by atomic mass is 35.5. The Hall–Kier alpha value is -2.08. The van der Waals surface area contributed by atoms with E-state index in [1.54, 1.807) is 19.1 Å². The third-order valence-corrected chi connectivity index (χ3v) is 7.32. The number of halogens is 1. The third-order valence-electron chi connectivity index (χ3n) is 6.86. The van der Waals surface area contributed by atoms with Crippen LogP contribution in [0.5, 0.6) is 5.75 Å². The van der Waals surface area contributed by atoms with Gasteiger partial charge in [-0.2, -0.15) is 0 Å². The first-order chi connectivity index (χ1) is 16.9. The molecule has 200 valence electrons. The van der Waals surface area contributed by atoms with Gasteiger partial charge in [-0.1, -0.05) is 65.3 Å². The monoisotopic (exact) mass is 517 g/mol. The molecule has 2 rings (SSSR count). The van der Waals surface area contributed by atoms with Crippen LogP contribution < -0.4 is 0 Å². The molecule has 0 aliphatic carbocycles. The van der Waals surface area contributed by atoms with Crippen LogP contribution in [-0.2, 0) is 15.9 Å². The lowest BCUT2D eigenvalue weighted by molar-refractivity contribution is 0.0624. The minimum absolute atomic E-state index is 0.175. The predicted octanol–water partition coefficient (Wildman–Crippen LogP) is 7.05. The number of aromatic hydroxyl groups is 1. The van der Waals surface area contributed by atoms with E-state index in [0.717, 1.165) is 11.1 Å². The highest BCUT2D eigenvalue weighted by molar-refractivity contribution is 6.33. The highest BCUT2D eigenvalue weighted by Gasteiger charge is 2.25. The Morgan fingerprint density at radius 1 is 0.917 bits per heavy atom. The largest absolute Gasteiger partial charge is 0.506 e. The average Bonchev–Trinajstić information content (AvgIpc) is 2.83. The molecule has 1 amide bonds. The molecule has 36 heavy (non-hydrogen) atoms. The van der Waals surface area contributed by atoms with Crippen LogP contribution in [0.25, 0.3) is 0 Å². The topological polar surface area (TPSA) is 59.0 Å². The van der Waals surface area contributed by atoms with Gasteiger partial charge in [0, 0.05) is 27.3 Å². The van der Waals surface area contributed by atoms with E-state index in [9.17, 15) is 9.90 Å². The number of hydrogen-bond donors (Lipinski definition) is 1. The number of rotatable bonds is 12. The number of nitrogens with zero attached hydrogens (tertiary/aromatic N) is 1. The fraction of sp³-hybridized carbons (Fsp3) is 0.567. The SMILES string of the molecule is COCCN(CCOC)C(=O)c1cc(Cc2c(C(C)C)cc(C(C)C)cc2C(C)C)c(C)c(Cl)c1O. The summed E-state index contributed by atoms with van der Waals surface area (Å²) in [6, 6.07) is 6.48. The van der Waals surface area contributed by atoms with Gasteiger partial charge in [0.25, 0.3) is 5.91 Å². The Labute approximate surface area is 222 Å². The Balaban J connectivity index is 2.65. The molecule has 6 heteroatoms. The van der Waals surface area contributed by atoms with Crippen molar-refractivity contribution in [2.75, 3.05) is 40.5 Å². The summed E-state index contributed by atoms with van der Waals surface area (Å²) < 4.78 is 10.4. The number of ether oxygens (including phenoxy) is 2. The van der Waals surface area contributed by atoms with Gasteiger partial charge in [0.2, 0.25) is 0 Å². The van der Waals surface area contributed by atoms with Crippen molar-refractivity contribution in [1.82, 2.24) is 4.90 Å². The number of amides is 1. The van der Waals surface area contributed by atoms with Crippen molar-refractivity contribution in [2.45, 2.75) is 72.6 Å². The number of phenolic OH excluding ortho intramolecular Hbond substituents is 1. The first-order valence-corrected chi connectivity index (χ1v) is 13.3. The van der Waals surface area contributed by atoms with Crippen LogP contribution in [0.3, 0.4) is 0 Å². The minimum Gasteiger partial charge on any atom is -0.506 e. The number of hydrogen-bond acceptors (Lipinski definition) is 4. The van der Waals surface area contributed by atoms with Crippen molar-refractivity contribution < 1.29 is 19.4 Å². The van der Waals surface area contributed by atoms with Crippen LogP contribution in [0.4, 0.5) is 0 Å². The van der Waals surface area contributed by atoms with Gasteiger partial charge >= 0.3 is 0 Å². The van der Waals surface area contributed by atoms with E-state index in [1.807, 2.05) is 13.0 Å². The van der Waals surface area contributed by atoms with Crippen molar-refractivity contribution in [2.24, 2.45) is 0 Å². The summed E-state index contributed by atoms with van der Waals surface area (Å²) in [6.07, 6.45) is 0.641. The average molecular weight is 518 g/mol. The Kier molecular flexibility index (Phi) is 11.3. The van der Waals surface area contributed by atoms with E-state index in [0.29, 0.717) is 50.5 Å². The molecule has 0 atom stereocenters. The van der Waals surface area contributed by atoms with Gasteiger partial charge in [-0.15, -0.1) is 0 Å². The van der Waals surface area contributed by atoms with Crippen molar-refractivity contribution >= 4 is 17.5 Å². The molecule has 0 radical (unpaired) electrons. The number of carbonyl (C=O) groups is 1. The van der Waals surface area contributed by atoms with Crippen LogP contribution in [0.15, 0.2) is 18.2 Å². The van der Waals surface area contributed by atoms with Crippen molar-refractivity contribution in [3.05, 3.63) is 62.2 Å². The summed E-state index contributed by atoms with van der Waals surface area (Å²) in [5.41, 5.74) is 7.22. The molecule has 0 aliphatic rings. The fourth-order valence-corrected chi connectivity index (χ4v) is 4.75. The molecule has 0 unspecified atom stereocenters. The maximum absolute atomic E-state index is 13.5. The van der Waals surface area contributed by atoms with E-state index < -0.39 is 0 Å². The Morgan fingerprint density at radius 3 is 1.83 bits per heavy atom. The van der Waals surface area contributed by atoms with Crippen LogP contribution >= 0.6 is 11.6 Å². The third kappa shape index (κ3) is 7.02. The van der Waals surface area contributed by atoms with Crippen LogP contribution in [0.2, 0.25) is 5.02 Å². The fourth-order valence-electron chi connectivity index (χ4n) is 4.52. The predicted molar refractivity (Wildman–Crippen MR) is 149 cm³/mol. The summed E-state index contributed by atoms with van der Waals surface area (Å²) >= 11 is 6.61. The normalized spacial score (nSPS) is 11.7. The van der Waals surface area contributed by atoms with Gasteiger partial charge < -0.3 is 19.5 Å². The lowest BCUT2D eigenvalue weighted by atomic mass is 9.81. The lowest BCUT2D eigenvalue weighted by Gasteiger charge is -2.25. The maximum Gasteiger partial charge on any atom is 0.257 e. The smallest absolute Gasteiger partial charge is 0.257 e. The van der Waals surface area contributed by atoms with Crippen LogP contribution in [0.1, 0.15) is 103 Å². The molecule has 0 aromatic heterocycles. The molecule has 1 N–H and O–H groups in total. The number of benzene rings is 2. The molecule has 0 spiro atoms. The van der Waals surface area contributed by atoms with Gasteiger partial charge in [-0.05, 0) is 70.5 Å². The molecule has 2 aromatic rings. The molecule has 0 aliphatic heterocycles.